The molecule has 0 saturated carbocycles. The van der Waals surface area contributed by atoms with Gasteiger partial charge in [0.05, 0.1) is 12.6 Å². The Hall–Kier alpha value is -1.14. The fourth-order valence-electron chi connectivity index (χ4n) is 2.06. The van der Waals surface area contributed by atoms with Crippen LogP contribution in [-0.2, 0) is 11.3 Å². The molecule has 2 N–H and O–H groups in total. The number of ether oxygens (including phenoxy) is 1. The Morgan fingerprint density at radius 2 is 2.28 bits per heavy atom. The average molecular weight is 254 g/mol. The van der Waals surface area contributed by atoms with Gasteiger partial charge in [0.25, 0.3) is 0 Å². The lowest BCUT2D eigenvalue weighted by atomic mass is 10.1. The lowest BCUT2D eigenvalue weighted by molar-refractivity contribution is 0.0229. The molecular weight excluding hydrogens is 232 g/mol. The van der Waals surface area contributed by atoms with Gasteiger partial charge < -0.3 is 19.8 Å². The van der Waals surface area contributed by atoms with Crippen LogP contribution >= 0.6 is 0 Å². The molecule has 1 fully saturated rings. The van der Waals surface area contributed by atoms with Crippen molar-refractivity contribution in [3.05, 3.63) is 5.89 Å². The van der Waals surface area contributed by atoms with Crippen molar-refractivity contribution < 1.29 is 9.15 Å². The minimum atomic E-state index is 0.296. The zero-order chi connectivity index (χ0) is 12.8. The maximum Gasteiger partial charge on any atom is 0.315 e. The number of aromatic nitrogens is 2. The highest BCUT2D eigenvalue weighted by molar-refractivity contribution is 5.19. The quantitative estimate of drug-likeness (QED) is 0.750. The van der Waals surface area contributed by atoms with E-state index in [4.69, 9.17) is 9.15 Å². The summed E-state index contributed by atoms with van der Waals surface area (Å²) in [5.41, 5.74) is 0. The molecule has 6 heteroatoms. The molecular formula is C12H22N4O2. The molecule has 18 heavy (non-hydrogen) atoms. The molecule has 0 aliphatic carbocycles. The van der Waals surface area contributed by atoms with E-state index in [-0.39, 0.29) is 0 Å². The number of hydrogen-bond acceptors (Lipinski definition) is 6. The summed E-state index contributed by atoms with van der Waals surface area (Å²) < 4.78 is 11.0. The lowest BCUT2D eigenvalue weighted by Crippen LogP contribution is -2.32. The minimum absolute atomic E-state index is 0.296. The van der Waals surface area contributed by atoms with Gasteiger partial charge in [-0.05, 0) is 32.7 Å². The Kier molecular flexibility index (Phi) is 4.95. The molecule has 2 unspecified atom stereocenters. The van der Waals surface area contributed by atoms with Crippen molar-refractivity contribution in [2.45, 2.75) is 51.8 Å². The maximum absolute atomic E-state index is 5.53. The van der Waals surface area contributed by atoms with Gasteiger partial charge in [0.15, 0.2) is 0 Å². The van der Waals surface area contributed by atoms with E-state index in [2.05, 4.69) is 34.7 Å². The summed E-state index contributed by atoms with van der Waals surface area (Å²) in [5, 5.41) is 14.5. The maximum atomic E-state index is 5.53. The van der Waals surface area contributed by atoms with Crippen molar-refractivity contribution >= 4 is 6.01 Å². The first kappa shape index (κ1) is 13.3. The van der Waals surface area contributed by atoms with Crippen LogP contribution in [0.5, 0.6) is 0 Å². The molecule has 2 heterocycles. The largest absolute Gasteiger partial charge is 0.407 e. The Morgan fingerprint density at radius 3 is 3.06 bits per heavy atom. The van der Waals surface area contributed by atoms with Gasteiger partial charge in [0.1, 0.15) is 0 Å². The zero-order valence-electron chi connectivity index (χ0n) is 11.1. The standard InChI is InChI=1S/C12H22N4O2/c1-3-5-13-8-11-15-16-12(18-11)14-10-4-6-17-9(2)7-10/h9-10,13H,3-8H2,1-2H3,(H,14,16). The highest BCUT2D eigenvalue weighted by Crippen LogP contribution is 2.17. The Morgan fingerprint density at radius 1 is 1.39 bits per heavy atom. The molecule has 6 nitrogen and oxygen atoms in total. The van der Waals surface area contributed by atoms with Crippen LogP contribution in [0.4, 0.5) is 6.01 Å². The molecule has 0 spiro atoms. The summed E-state index contributed by atoms with van der Waals surface area (Å²) in [6.45, 7) is 6.59. The van der Waals surface area contributed by atoms with Crippen LogP contribution in [0.3, 0.4) is 0 Å². The van der Waals surface area contributed by atoms with Gasteiger partial charge in [-0.15, -0.1) is 5.10 Å². The van der Waals surface area contributed by atoms with Crippen molar-refractivity contribution in [1.29, 1.82) is 0 Å². The summed E-state index contributed by atoms with van der Waals surface area (Å²) in [5.74, 6) is 0.631. The Bertz CT molecular complexity index is 356. The first-order valence-corrected chi connectivity index (χ1v) is 6.69. The van der Waals surface area contributed by atoms with E-state index >= 15 is 0 Å². The third-order valence-electron chi connectivity index (χ3n) is 2.98. The molecule has 0 amide bonds. The van der Waals surface area contributed by atoms with Gasteiger partial charge in [-0.2, -0.15) is 0 Å². The minimum Gasteiger partial charge on any atom is -0.407 e. The van der Waals surface area contributed by atoms with E-state index in [0.29, 0.717) is 30.6 Å². The number of nitrogens with one attached hydrogen (secondary N) is 2. The predicted molar refractivity (Wildman–Crippen MR) is 68.4 cm³/mol. The molecule has 1 aliphatic rings. The molecule has 2 atom stereocenters. The fourth-order valence-corrected chi connectivity index (χ4v) is 2.06. The molecule has 0 radical (unpaired) electrons. The van der Waals surface area contributed by atoms with Gasteiger partial charge >= 0.3 is 6.01 Å². The first-order chi connectivity index (χ1) is 8.78. The fraction of sp³-hybridized carbons (Fsp3) is 0.833. The summed E-state index contributed by atoms with van der Waals surface area (Å²) >= 11 is 0. The summed E-state index contributed by atoms with van der Waals surface area (Å²) in [7, 11) is 0. The first-order valence-electron chi connectivity index (χ1n) is 6.69. The molecule has 2 rings (SSSR count). The SMILES string of the molecule is CCCNCc1nnc(NC2CCOC(C)C2)o1. The van der Waals surface area contributed by atoms with Gasteiger partial charge in [-0.3, -0.25) is 0 Å². The highest BCUT2D eigenvalue weighted by atomic mass is 16.5. The Labute approximate surface area is 107 Å². The van der Waals surface area contributed by atoms with Crippen LogP contribution in [0.1, 0.15) is 39.0 Å². The summed E-state index contributed by atoms with van der Waals surface area (Å²) in [6.07, 6.45) is 3.35. The molecule has 1 aromatic rings. The second-order valence-electron chi connectivity index (χ2n) is 4.72. The third-order valence-corrected chi connectivity index (χ3v) is 2.98. The smallest absolute Gasteiger partial charge is 0.315 e. The van der Waals surface area contributed by atoms with Crippen LogP contribution < -0.4 is 10.6 Å². The van der Waals surface area contributed by atoms with Crippen LogP contribution in [0.15, 0.2) is 4.42 Å². The second kappa shape index (κ2) is 6.70. The van der Waals surface area contributed by atoms with E-state index in [1.807, 2.05) is 0 Å². The van der Waals surface area contributed by atoms with Crippen LogP contribution in [-0.4, -0.2) is 35.5 Å². The van der Waals surface area contributed by atoms with E-state index in [1.54, 1.807) is 0 Å². The van der Waals surface area contributed by atoms with Crippen molar-refractivity contribution in [2.75, 3.05) is 18.5 Å². The normalized spacial score (nSPS) is 24.1. The predicted octanol–water partition coefficient (Wildman–Crippen LogP) is 1.55. The molecule has 0 aromatic carbocycles. The zero-order valence-corrected chi connectivity index (χ0v) is 11.1. The summed E-state index contributed by atoms with van der Waals surface area (Å²) in [4.78, 5) is 0. The van der Waals surface area contributed by atoms with E-state index < -0.39 is 0 Å². The van der Waals surface area contributed by atoms with E-state index in [9.17, 15) is 0 Å². The van der Waals surface area contributed by atoms with Gasteiger partial charge in [0, 0.05) is 12.6 Å². The molecule has 1 saturated heterocycles. The van der Waals surface area contributed by atoms with Crippen molar-refractivity contribution in [1.82, 2.24) is 15.5 Å². The van der Waals surface area contributed by atoms with Crippen LogP contribution in [0.2, 0.25) is 0 Å². The number of anilines is 1. The second-order valence-corrected chi connectivity index (χ2v) is 4.72. The lowest BCUT2D eigenvalue weighted by Gasteiger charge is -2.27. The Balaban J connectivity index is 1.78. The van der Waals surface area contributed by atoms with E-state index in [1.165, 1.54) is 0 Å². The topological polar surface area (TPSA) is 72.2 Å². The summed E-state index contributed by atoms with van der Waals surface area (Å²) in [6, 6.07) is 0.882. The molecule has 102 valence electrons. The van der Waals surface area contributed by atoms with Crippen molar-refractivity contribution in [2.24, 2.45) is 0 Å². The van der Waals surface area contributed by atoms with Gasteiger partial charge in [-0.25, -0.2) is 0 Å². The number of nitrogens with zero attached hydrogens (tertiary/aromatic N) is 2. The highest BCUT2D eigenvalue weighted by Gasteiger charge is 2.20. The van der Waals surface area contributed by atoms with Crippen LogP contribution in [0.25, 0.3) is 0 Å². The molecule has 1 aromatic heterocycles. The third kappa shape index (κ3) is 3.96. The van der Waals surface area contributed by atoms with Gasteiger partial charge in [-0.1, -0.05) is 12.0 Å². The van der Waals surface area contributed by atoms with Crippen LogP contribution in [0, 0.1) is 0 Å². The number of rotatable bonds is 6. The van der Waals surface area contributed by atoms with Crippen molar-refractivity contribution in [3.8, 4) is 0 Å². The monoisotopic (exact) mass is 254 g/mol. The molecule has 1 aliphatic heterocycles. The number of hydrogen-bond donors (Lipinski definition) is 2. The van der Waals surface area contributed by atoms with Gasteiger partial charge in [0.2, 0.25) is 5.89 Å². The molecule has 0 bridgehead atoms. The van der Waals surface area contributed by atoms with E-state index in [0.717, 1.165) is 32.4 Å². The van der Waals surface area contributed by atoms with Crippen molar-refractivity contribution in [3.63, 3.8) is 0 Å². The average Bonchev–Trinajstić information content (AvgIpc) is 2.77.